The first kappa shape index (κ1) is 23.9. The van der Waals surface area contributed by atoms with Gasteiger partial charge in [-0.2, -0.15) is 4.31 Å². The van der Waals surface area contributed by atoms with Gasteiger partial charge in [0.15, 0.2) is 0 Å². The standard InChI is InChI=1S/C22H26Cl2N2O4S/c1-16-6-8-18(15-20(16)24)30-13-10-25-22(27)17-7-9-19(23)21(14-17)31(28,29)26-11-4-2-3-5-12-26/h6-9,14-15H,2-5,10-13H2,1H3,(H,25,27). The van der Waals surface area contributed by atoms with Crippen molar-refractivity contribution in [3.63, 3.8) is 0 Å². The lowest BCUT2D eigenvalue weighted by Crippen LogP contribution is -2.32. The van der Waals surface area contributed by atoms with Gasteiger partial charge in [0.2, 0.25) is 10.0 Å². The van der Waals surface area contributed by atoms with Gasteiger partial charge in [0.25, 0.3) is 5.91 Å². The average Bonchev–Trinajstić information content (AvgIpc) is 3.04. The van der Waals surface area contributed by atoms with Crippen molar-refractivity contribution in [1.82, 2.24) is 9.62 Å². The minimum absolute atomic E-state index is 0.0331. The summed E-state index contributed by atoms with van der Waals surface area (Å²) in [5.41, 5.74) is 1.19. The van der Waals surface area contributed by atoms with E-state index < -0.39 is 15.9 Å². The van der Waals surface area contributed by atoms with E-state index in [1.54, 1.807) is 6.07 Å². The third kappa shape index (κ3) is 6.13. The largest absolute Gasteiger partial charge is 0.492 e. The Kier molecular flexibility index (Phi) is 8.22. The number of hydrogen-bond acceptors (Lipinski definition) is 4. The number of sulfonamides is 1. The summed E-state index contributed by atoms with van der Waals surface area (Å²) < 4.78 is 33.2. The van der Waals surface area contributed by atoms with Crippen molar-refractivity contribution in [3.8, 4) is 5.75 Å². The maximum atomic E-state index is 13.1. The molecule has 3 rings (SSSR count). The molecule has 168 valence electrons. The number of benzene rings is 2. The van der Waals surface area contributed by atoms with E-state index in [9.17, 15) is 13.2 Å². The molecule has 0 spiro atoms. The van der Waals surface area contributed by atoms with Crippen LogP contribution in [-0.2, 0) is 10.0 Å². The number of carbonyl (C=O) groups is 1. The van der Waals surface area contributed by atoms with E-state index in [4.69, 9.17) is 27.9 Å². The van der Waals surface area contributed by atoms with Crippen LogP contribution >= 0.6 is 23.2 Å². The van der Waals surface area contributed by atoms with Gasteiger partial charge in [-0.1, -0.05) is 42.1 Å². The molecule has 1 amide bonds. The fraction of sp³-hybridized carbons (Fsp3) is 0.409. The number of nitrogens with one attached hydrogen (secondary N) is 1. The summed E-state index contributed by atoms with van der Waals surface area (Å²) in [7, 11) is -3.76. The summed E-state index contributed by atoms with van der Waals surface area (Å²) in [6.07, 6.45) is 3.67. The molecule has 31 heavy (non-hydrogen) atoms. The Morgan fingerprint density at radius 3 is 2.42 bits per heavy atom. The number of rotatable bonds is 7. The van der Waals surface area contributed by atoms with Crippen LogP contribution in [0.1, 0.15) is 41.6 Å². The highest BCUT2D eigenvalue weighted by atomic mass is 35.5. The molecule has 9 heteroatoms. The Hall–Kier alpha value is -1.80. The van der Waals surface area contributed by atoms with Crippen LogP contribution in [0.5, 0.6) is 5.75 Å². The van der Waals surface area contributed by atoms with Crippen molar-refractivity contribution >= 4 is 39.1 Å². The number of aryl methyl sites for hydroxylation is 1. The molecule has 0 bridgehead atoms. The summed E-state index contributed by atoms with van der Waals surface area (Å²) in [6.45, 7) is 3.34. The first-order valence-electron chi connectivity index (χ1n) is 10.3. The fourth-order valence-corrected chi connectivity index (χ4v) is 5.55. The zero-order valence-corrected chi connectivity index (χ0v) is 19.7. The number of ether oxygens (including phenoxy) is 1. The zero-order chi connectivity index (χ0) is 22.4. The van der Waals surface area contributed by atoms with Crippen molar-refractivity contribution in [2.24, 2.45) is 0 Å². The average molecular weight is 485 g/mol. The molecule has 0 atom stereocenters. The van der Waals surface area contributed by atoms with Gasteiger partial charge in [0.05, 0.1) is 11.6 Å². The van der Waals surface area contributed by atoms with Crippen LogP contribution in [0, 0.1) is 6.92 Å². The maximum Gasteiger partial charge on any atom is 0.251 e. The molecule has 1 fully saturated rings. The highest BCUT2D eigenvalue weighted by molar-refractivity contribution is 7.89. The van der Waals surface area contributed by atoms with Crippen LogP contribution in [0.2, 0.25) is 10.0 Å². The Bertz CT molecular complexity index is 1040. The second-order valence-electron chi connectivity index (χ2n) is 7.48. The smallest absolute Gasteiger partial charge is 0.251 e. The van der Waals surface area contributed by atoms with Crippen molar-refractivity contribution in [3.05, 3.63) is 57.6 Å². The molecule has 0 saturated carbocycles. The van der Waals surface area contributed by atoms with Gasteiger partial charge in [-0.3, -0.25) is 4.79 Å². The van der Waals surface area contributed by atoms with Crippen LogP contribution in [0.25, 0.3) is 0 Å². The summed E-state index contributed by atoms with van der Waals surface area (Å²) >= 11 is 12.3. The van der Waals surface area contributed by atoms with Crippen LogP contribution in [0.4, 0.5) is 0 Å². The van der Waals surface area contributed by atoms with Crippen molar-refractivity contribution in [2.45, 2.75) is 37.5 Å². The van der Waals surface area contributed by atoms with Gasteiger partial charge in [0.1, 0.15) is 17.3 Å². The SMILES string of the molecule is Cc1ccc(OCCNC(=O)c2ccc(Cl)c(S(=O)(=O)N3CCCCCC3)c2)cc1Cl. The molecule has 0 aromatic heterocycles. The summed E-state index contributed by atoms with van der Waals surface area (Å²) in [5.74, 6) is 0.219. The van der Waals surface area contributed by atoms with E-state index in [1.165, 1.54) is 22.5 Å². The monoisotopic (exact) mass is 484 g/mol. The number of amides is 1. The van der Waals surface area contributed by atoms with Crippen LogP contribution in [0.3, 0.4) is 0 Å². The number of halogens is 2. The lowest BCUT2D eigenvalue weighted by molar-refractivity contribution is 0.0947. The van der Waals surface area contributed by atoms with Gasteiger partial charge < -0.3 is 10.1 Å². The van der Waals surface area contributed by atoms with Gasteiger partial charge in [-0.25, -0.2) is 8.42 Å². The third-order valence-corrected chi connectivity index (χ3v) is 7.96. The van der Waals surface area contributed by atoms with Crippen LogP contribution in [0.15, 0.2) is 41.3 Å². The molecule has 0 unspecified atom stereocenters. The van der Waals surface area contributed by atoms with Crippen molar-refractivity contribution in [1.29, 1.82) is 0 Å². The number of hydrogen-bond donors (Lipinski definition) is 1. The Balaban J connectivity index is 1.63. The maximum absolute atomic E-state index is 13.1. The molecular formula is C22H26Cl2N2O4S. The molecule has 1 heterocycles. The van der Waals surface area contributed by atoms with Gasteiger partial charge in [-0.05, 0) is 55.7 Å². The van der Waals surface area contributed by atoms with E-state index in [1.807, 2.05) is 19.1 Å². The second kappa shape index (κ2) is 10.7. The minimum atomic E-state index is -3.76. The van der Waals surface area contributed by atoms with Crippen molar-refractivity contribution < 1.29 is 17.9 Å². The molecule has 2 aromatic carbocycles. The molecular weight excluding hydrogens is 459 g/mol. The first-order valence-corrected chi connectivity index (χ1v) is 12.5. The van der Waals surface area contributed by atoms with E-state index in [0.29, 0.717) is 23.9 Å². The quantitative estimate of drug-likeness (QED) is 0.579. The van der Waals surface area contributed by atoms with Crippen LogP contribution in [-0.4, -0.2) is 44.9 Å². The highest BCUT2D eigenvalue weighted by Crippen LogP contribution is 2.27. The lowest BCUT2D eigenvalue weighted by atomic mass is 10.2. The van der Waals surface area contributed by atoms with Gasteiger partial charge >= 0.3 is 0 Å². The fourth-order valence-electron chi connectivity index (χ4n) is 3.36. The lowest BCUT2D eigenvalue weighted by Gasteiger charge is -2.21. The van der Waals surface area contributed by atoms with Crippen LogP contribution < -0.4 is 10.1 Å². The third-order valence-electron chi connectivity index (χ3n) is 5.18. The normalized spacial score (nSPS) is 15.3. The molecule has 0 radical (unpaired) electrons. The molecule has 1 aliphatic rings. The minimum Gasteiger partial charge on any atom is -0.492 e. The summed E-state index contributed by atoms with van der Waals surface area (Å²) in [4.78, 5) is 12.5. The highest BCUT2D eigenvalue weighted by Gasteiger charge is 2.28. The van der Waals surface area contributed by atoms with E-state index >= 15 is 0 Å². The topological polar surface area (TPSA) is 75.7 Å². The Labute approximate surface area is 193 Å². The van der Waals surface area contributed by atoms with Gasteiger partial charge in [0, 0.05) is 23.7 Å². The van der Waals surface area contributed by atoms with E-state index in [-0.39, 0.29) is 28.6 Å². The first-order chi connectivity index (χ1) is 14.8. The number of nitrogens with zero attached hydrogens (tertiary/aromatic N) is 1. The molecule has 1 N–H and O–H groups in total. The second-order valence-corrected chi connectivity index (χ2v) is 10.2. The summed E-state index contributed by atoms with van der Waals surface area (Å²) in [6, 6.07) is 9.69. The molecule has 1 saturated heterocycles. The predicted molar refractivity (Wildman–Crippen MR) is 123 cm³/mol. The summed E-state index contributed by atoms with van der Waals surface area (Å²) in [5, 5.41) is 3.46. The van der Waals surface area contributed by atoms with Crippen molar-refractivity contribution in [2.75, 3.05) is 26.2 Å². The Morgan fingerprint density at radius 1 is 1.03 bits per heavy atom. The van der Waals surface area contributed by atoms with E-state index in [2.05, 4.69) is 5.32 Å². The molecule has 6 nitrogen and oxygen atoms in total. The number of carbonyl (C=O) groups excluding carboxylic acids is 1. The molecule has 2 aromatic rings. The molecule has 0 aliphatic carbocycles. The van der Waals surface area contributed by atoms with Gasteiger partial charge in [-0.15, -0.1) is 0 Å². The molecule has 1 aliphatic heterocycles. The predicted octanol–water partition coefficient (Wildman–Crippen LogP) is 4.68. The Morgan fingerprint density at radius 2 is 1.74 bits per heavy atom. The zero-order valence-electron chi connectivity index (χ0n) is 17.4. The van der Waals surface area contributed by atoms with E-state index in [0.717, 1.165) is 31.2 Å².